The number of hydrogen-bond acceptors (Lipinski definition) is 1. The van der Waals surface area contributed by atoms with Crippen molar-refractivity contribution in [1.29, 1.82) is 0 Å². The van der Waals surface area contributed by atoms with E-state index in [1.165, 1.54) is 0 Å². The number of quaternary nitrogens is 1. The molecule has 0 fully saturated rings. The van der Waals surface area contributed by atoms with Gasteiger partial charge in [0.1, 0.15) is 6.17 Å². The highest BCUT2D eigenvalue weighted by atomic mass is 35.5. The Morgan fingerprint density at radius 2 is 1.15 bits per heavy atom. The molecule has 0 aromatic heterocycles. The van der Waals surface area contributed by atoms with Gasteiger partial charge in [0.05, 0.1) is 19.6 Å². The first kappa shape index (κ1) is 21.2. The third kappa shape index (κ3) is 5.91. The SMILES string of the molecule is C=CCN(CC=C)C(C)[N+](CC=C)(CC=C)CC=C.[Cl-]. The van der Waals surface area contributed by atoms with Crippen molar-refractivity contribution < 1.29 is 16.9 Å². The van der Waals surface area contributed by atoms with Gasteiger partial charge in [-0.1, -0.05) is 31.9 Å². The van der Waals surface area contributed by atoms with Crippen molar-refractivity contribution in [2.45, 2.75) is 13.1 Å². The zero-order valence-electron chi connectivity index (χ0n) is 12.8. The summed E-state index contributed by atoms with van der Waals surface area (Å²) in [5, 5.41) is 0. The van der Waals surface area contributed by atoms with Crippen molar-refractivity contribution in [1.82, 2.24) is 4.90 Å². The van der Waals surface area contributed by atoms with Crippen LogP contribution < -0.4 is 12.4 Å². The Morgan fingerprint density at radius 1 is 0.800 bits per heavy atom. The second-order valence-electron chi connectivity index (χ2n) is 4.80. The molecule has 20 heavy (non-hydrogen) atoms. The predicted molar refractivity (Wildman–Crippen MR) is 86.9 cm³/mol. The first-order valence-electron chi connectivity index (χ1n) is 6.76. The Bertz CT molecular complexity index is 286. The molecule has 1 atom stereocenters. The lowest BCUT2D eigenvalue weighted by molar-refractivity contribution is -0.945. The molecule has 0 aromatic carbocycles. The molecule has 114 valence electrons. The smallest absolute Gasteiger partial charge is 0.143 e. The van der Waals surface area contributed by atoms with E-state index in [0.717, 1.165) is 37.2 Å². The highest BCUT2D eigenvalue weighted by Gasteiger charge is 2.33. The molecular formula is C17H29ClN2. The summed E-state index contributed by atoms with van der Waals surface area (Å²) < 4.78 is 0.859. The zero-order valence-corrected chi connectivity index (χ0v) is 13.6. The quantitative estimate of drug-likeness (QED) is 0.286. The van der Waals surface area contributed by atoms with Gasteiger partial charge in [0.25, 0.3) is 0 Å². The standard InChI is InChI=1S/C17H29N2.ClH/c1-7-12-18(13-8-2)17(6)19(14-9-3,15-10-4)16-11-5;/h7-11,17H,1-5,12-16H2,6H3;1H/q+1;/p-1. The largest absolute Gasteiger partial charge is 1.00 e. The van der Waals surface area contributed by atoms with E-state index in [1.807, 2.05) is 30.4 Å². The van der Waals surface area contributed by atoms with E-state index in [2.05, 4.69) is 44.7 Å². The maximum atomic E-state index is 3.90. The van der Waals surface area contributed by atoms with Crippen LogP contribution in [-0.4, -0.2) is 48.3 Å². The molecule has 1 unspecified atom stereocenters. The van der Waals surface area contributed by atoms with E-state index >= 15 is 0 Å². The maximum absolute atomic E-state index is 3.90. The van der Waals surface area contributed by atoms with Crippen LogP contribution in [0.4, 0.5) is 0 Å². The van der Waals surface area contributed by atoms with E-state index in [-0.39, 0.29) is 12.4 Å². The Morgan fingerprint density at radius 3 is 1.40 bits per heavy atom. The van der Waals surface area contributed by atoms with Crippen LogP contribution in [0, 0.1) is 0 Å². The molecule has 0 aliphatic rings. The monoisotopic (exact) mass is 296 g/mol. The second kappa shape index (κ2) is 11.7. The molecule has 0 heterocycles. The van der Waals surface area contributed by atoms with Crippen molar-refractivity contribution in [3.63, 3.8) is 0 Å². The average Bonchev–Trinajstić information content (AvgIpc) is 2.38. The van der Waals surface area contributed by atoms with Gasteiger partial charge in [0.2, 0.25) is 0 Å². The lowest BCUT2D eigenvalue weighted by Gasteiger charge is -2.45. The lowest BCUT2D eigenvalue weighted by atomic mass is 10.2. The van der Waals surface area contributed by atoms with Gasteiger partial charge in [-0.2, -0.15) is 0 Å². The molecule has 0 amide bonds. The Labute approximate surface area is 131 Å². The fraction of sp³-hybridized carbons (Fsp3) is 0.412. The van der Waals surface area contributed by atoms with Crippen molar-refractivity contribution in [3.8, 4) is 0 Å². The predicted octanol–water partition coefficient (Wildman–Crippen LogP) is 0.385. The number of halogens is 1. The minimum absolute atomic E-state index is 0. The molecule has 0 bridgehead atoms. The second-order valence-corrected chi connectivity index (χ2v) is 4.80. The van der Waals surface area contributed by atoms with Crippen LogP contribution in [0.1, 0.15) is 6.92 Å². The van der Waals surface area contributed by atoms with Crippen molar-refractivity contribution in [2.24, 2.45) is 0 Å². The average molecular weight is 297 g/mol. The van der Waals surface area contributed by atoms with Gasteiger partial charge >= 0.3 is 0 Å². The van der Waals surface area contributed by atoms with Crippen LogP contribution in [0.2, 0.25) is 0 Å². The lowest BCUT2D eigenvalue weighted by Crippen LogP contribution is -3.00. The van der Waals surface area contributed by atoms with Crippen molar-refractivity contribution in [2.75, 3.05) is 32.7 Å². The third-order valence-corrected chi connectivity index (χ3v) is 3.53. The van der Waals surface area contributed by atoms with Crippen LogP contribution in [0.15, 0.2) is 63.3 Å². The number of rotatable bonds is 12. The first-order valence-corrected chi connectivity index (χ1v) is 6.76. The summed E-state index contributed by atoms with van der Waals surface area (Å²) in [6.45, 7) is 26.0. The summed E-state index contributed by atoms with van der Waals surface area (Å²) >= 11 is 0. The fourth-order valence-corrected chi connectivity index (χ4v) is 2.51. The minimum Gasteiger partial charge on any atom is -1.00 e. The van der Waals surface area contributed by atoms with Gasteiger partial charge in [-0.15, -0.1) is 13.2 Å². The minimum atomic E-state index is 0. The van der Waals surface area contributed by atoms with Gasteiger partial charge in [0.15, 0.2) is 0 Å². The molecule has 0 rings (SSSR count). The van der Waals surface area contributed by atoms with Crippen molar-refractivity contribution in [3.05, 3.63) is 63.3 Å². The number of hydrogen-bond donors (Lipinski definition) is 0. The van der Waals surface area contributed by atoms with Crippen LogP contribution in [-0.2, 0) is 0 Å². The van der Waals surface area contributed by atoms with Gasteiger partial charge < -0.3 is 12.4 Å². The molecule has 0 N–H and O–H groups in total. The summed E-state index contributed by atoms with van der Waals surface area (Å²) in [4.78, 5) is 2.36. The molecule has 0 spiro atoms. The Balaban J connectivity index is 0. The summed E-state index contributed by atoms with van der Waals surface area (Å²) in [7, 11) is 0. The van der Waals surface area contributed by atoms with E-state index < -0.39 is 0 Å². The van der Waals surface area contributed by atoms with E-state index in [1.54, 1.807) is 0 Å². The third-order valence-electron chi connectivity index (χ3n) is 3.53. The van der Waals surface area contributed by atoms with Crippen LogP contribution in [0.25, 0.3) is 0 Å². The highest BCUT2D eigenvalue weighted by molar-refractivity contribution is 4.84. The summed E-state index contributed by atoms with van der Waals surface area (Å²) in [5.74, 6) is 0. The summed E-state index contributed by atoms with van der Waals surface area (Å²) in [6.07, 6.45) is 10.1. The topological polar surface area (TPSA) is 3.24 Å². The van der Waals surface area contributed by atoms with E-state index in [9.17, 15) is 0 Å². The van der Waals surface area contributed by atoms with Crippen LogP contribution in [0.3, 0.4) is 0 Å². The zero-order chi connectivity index (χ0) is 14.7. The van der Waals surface area contributed by atoms with Gasteiger partial charge in [-0.25, -0.2) is 4.90 Å². The molecule has 0 aliphatic carbocycles. The van der Waals surface area contributed by atoms with E-state index in [0.29, 0.717) is 6.17 Å². The summed E-state index contributed by atoms with van der Waals surface area (Å²) in [6, 6.07) is 0. The number of nitrogens with zero attached hydrogens (tertiary/aromatic N) is 2. The van der Waals surface area contributed by atoms with Gasteiger partial charge in [-0.3, -0.25) is 4.48 Å². The normalized spacial score (nSPS) is 12.1. The Hall–Kier alpha value is -1.09. The maximum Gasteiger partial charge on any atom is 0.143 e. The highest BCUT2D eigenvalue weighted by Crippen LogP contribution is 2.18. The molecule has 2 nitrogen and oxygen atoms in total. The summed E-state index contributed by atoms with van der Waals surface area (Å²) in [5.41, 5.74) is 0. The Kier molecular flexibility index (Phi) is 12.4. The molecular weight excluding hydrogens is 268 g/mol. The van der Waals surface area contributed by atoms with Crippen molar-refractivity contribution >= 4 is 0 Å². The fourth-order valence-electron chi connectivity index (χ4n) is 2.51. The van der Waals surface area contributed by atoms with Crippen LogP contribution >= 0.6 is 0 Å². The van der Waals surface area contributed by atoms with Gasteiger partial charge in [0, 0.05) is 20.0 Å². The van der Waals surface area contributed by atoms with Gasteiger partial charge in [-0.05, 0) is 18.2 Å². The van der Waals surface area contributed by atoms with Crippen LogP contribution in [0.5, 0.6) is 0 Å². The molecule has 3 heteroatoms. The molecule has 0 saturated carbocycles. The molecule has 0 aliphatic heterocycles. The first-order chi connectivity index (χ1) is 9.11. The molecule has 0 radical (unpaired) electrons. The van der Waals surface area contributed by atoms with E-state index in [4.69, 9.17) is 0 Å². The molecule has 0 aromatic rings. The molecule has 0 saturated heterocycles.